The Hall–Kier alpha value is -3.11. The number of nitrogens with two attached hydrogens (primary N) is 1. The number of ether oxygens (including phenoxy) is 1. The Labute approximate surface area is 315 Å². The van der Waals surface area contributed by atoms with Crippen LogP contribution in [0.15, 0.2) is 53.6 Å². The zero-order valence-corrected chi connectivity index (χ0v) is 33.9. The Balaban J connectivity index is 1.77. The molecule has 280 valence electrons. The Kier molecular flexibility index (Phi) is 15.0. The number of sulfone groups is 1. The number of halogens is 1. The number of nitrogen functional groups attached to an aromatic ring is 1. The van der Waals surface area contributed by atoms with E-state index in [1.54, 1.807) is 58.9 Å². The number of unbranched alkanes of at least 4 members (excludes halogenated alkanes) is 3. The third-order valence-corrected chi connectivity index (χ3v) is 11.8. The van der Waals surface area contributed by atoms with E-state index < -0.39 is 37.8 Å². The molecule has 0 bridgehead atoms. The summed E-state index contributed by atoms with van der Waals surface area (Å²) >= 11 is 2.16. The molecule has 0 saturated heterocycles. The summed E-state index contributed by atoms with van der Waals surface area (Å²) in [5.74, 6) is -1.14. The van der Waals surface area contributed by atoms with Crippen LogP contribution in [0.5, 0.6) is 5.75 Å². The van der Waals surface area contributed by atoms with E-state index in [-0.39, 0.29) is 53.1 Å². The van der Waals surface area contributed by atoms with Gasteiger partial charge in [-0.2, -0.15) is 0 Å². The second-order valence-electron chi connectivity index (χ2n) is 14.1. The molecule has 1 aromatic heterocycles. The molecule has 16 heteroatoms. The molecular formula is C35H49IN5O8PS. The zero-order chi connectivity index (χ0) is 38.0. The minimum Gasteiger partial charge on any atom is -0.505 e. The summed E-state index contributed by atoms with van der Waals surface area (Å²) in [6.07, 6.45) is 5.17. The number of hydrogen-bond acceptors (Lipinski definition) is 11. The number of phenols is 1. The number of aromatic hydroxyl groups is 1. The molecule has 2 unspecified atom stereocenters. The van der Waals surface area contributed by atoms with Gasteiger partial charge >= 0.3 is 6.09 Å². The highest BCUT2D eigenvalue weighted by Gasteiger charge is 2.42. The van der Waals surface area contributed by atoms with Crippen LogP contribution in [0, 0.1) is 0 Å². The van der Waals surface area contributed by atoms with Crippen molar-refractivity contribution in [2.45, 2.75) is 107 Å². The van der Waals surface area contributed by atoms with Crippen molar-refractivity contribution in [2.24, 2.45) is 0 Å². The lowest BCUT2D eigenvalue weighted by Gasteiger charge is -2.36. The van der Waals surface area contributed by atoms with Gasteiger partial charge < -0.3 is 35.8 Å². The van der Waals surface area contributed by atoms with Crippen molar-refractivity contribution in [2.75, 3.05) is 17.7 Å². The van der Waals surface area contributed by atoms with Gasteiger partial charge in [0.2, 0.25) is 0 Å². The Morgan fingerprint density at radius 1 is 1.00 bits per heavy atom. The van der Waals surface area contributed by atoms with E-state index in [1.165, 1.54) is 24.4 Å². The Bertz CT molecular complexity index is 1770. The van der Waals surface area contributed by atoms with Gasteiger partial charge in [-0.05, 0) is 101 Å². The van der Waals surface area contributed by atoms with Gasteiger partial charge in [0.05, 0.1) is 39.3 Å². The van der Waals surface area contributed by atoms with Crippen molar-refractivity contribution in [3.05, 3.63) is 59.9 Å². The maximum Gasteiger partial charge on any atom is 0.407 e. The van der Waals surface area contributed by atoms with E-state index in [0.717, 1.165) is 25.7 Å². The van der Waals surface area contributed by atoms with Crippen LogP contribution in [-0.2, 0) is 25.6 Å². The number of nitrogens with zero attached hydrogens (tertiary/aromatic N) is 2. The molecule has 0 aliphatic heterocycles. The van der Waals surface area contributed by atoms with E-state index in [0.29, 0.717) is 24.0 Å². The van der Waals surface area contributed by atoms with Crippen LogP contribution in [-0.4, -0.2) is 63.2 Å². The van der Waals surface area contributed by atoms with Crippen LogP contribution in [0.2, 0.25) is 0 Å². The van der Waals surface area contributed by atoms with E-state index in [2.05, 4.69) is 42.6 Å². The van der Waals surface area contributed by atoms with Crippen molar-refractivity contribution in [1.29, 1.82) is 0 Å². The number of anilines is 2. The first-order valence-electron chi connectivity index (χ1n) is 16.5. The smallest absolute Gasteiger partial charge is 0.407 e. The predicted molar refractivity (Wildman–Crippen MR) is 209 cm³/mol. The van der Waals surface area contributed by atoms with Crippen molar-refractivity contribution in [3.8, 4) is 17.0 Å². The summed E-state index contributed by atoms with van der Waals surface area (Å²) in [6.45, 7) is 10.9. The van der Waals surface area contributed by atoms with Gasteiger partial charge in [0.25, 0.3) is 5.91 Å². The summed E-state index contributed by atoms with van der Waals surface area (Å²) in [4.78, 5) is 34.0. The maximum atomic E-state index is 13.9. The highest BCUT2D eigenvalue weighted by molar-refractivity contribution is 14.2. The maximum absolute atomic E-state index is 13.9. The van der Waals surface area contributed by atoms with Gasteiger partial charge in [0.15, 0.2) is 21.3 Å². The van der Waals surface area contributed by atoms with Crippen LogP contribution < -0.4 is 16.4 Å². The minimum atomic E-state index is -3.80. The number of para-hydroxylation sites is 1. The number of rotatable bonds is 17. The molecular weight excluding hydrogens is 808 g/mol. The SMILES string of the molecule is CC(C)(C)OC(=O)NCc1cccc(NC(=O)c2nc(-c3ccc(S(=O)(=O)C(C)(C)CC(C)(CCCCCCO)OPI)cc3)cnc2N)c1O. The van der Waals surface area contributed by atoms with Gasteiger partial charge in [-0.3, -0.25) is 4.79 Å². The monoisotopic (exact) mass is 857 g/mol. The second-order valence-corrected chi connectivity index (χ2v) is 18.4. The zero-order valence-electron chi connectivity index (χ0n) is 29.9. The van der Waals surface area contributed by atoms with Gasteiger partial charge in [-0.15, -0.1) is 0 Å². The molecule has 0 aliphatic carbocycles. The molecule has 0 aliphatic rings. The van der Waals surface area contributed by atoms with Crippen molar-refractivity contribution < 1.29 is 37.5 Å². The lowest BCUT2D eigenvalue weighted by molar-refractivity contribution is 0.0523. The predicted octanol–water partition coefficient (Wildman–Crippen LogP) is 7.31. The summed E-state index contributed by atoms with van der Waals surface area (Å²) in [5.41, 5.74) is 5.67. The first kappa shape index (κ1) is 42.3. The van der Waals surface area contributed by atoms with E-state index in [1.807, 2.05) is 6.92 Å². The Morgan fingerprint density at radius 3 is 2.29 bits per heavy atom. The third-order valence-electron chi connectivity index (χ3n) is 8.09. The fourth-order valence-corrected chi connectivity index (χ4v) is 9.14. The average Bonchev–Trinajstić information content (AvgIpc) is 3.04. The molecule has 0 spiro atoms. The number of alkyl carbamates (subject to hydrolysis) is 1. The summed E-state index contributed by atoms with van der Waals surface area (Å²) < 4.78 is 38.0. The van der Waals surface area contributed by atoms with Crippen LogP contribution >= 0.6 is 28.5 Å². The van der Waals surface area contributed by atoms with E-state index in [9.17, 15) is 23.1 Å². The van der Waals surface area contributed by atoms with E-state index in [4.69, 9.17) is 20.1 Å². The normalized spacial score (nSPS) is 13.6. The molecule has 0 saturated carbocycles. The van der Waals surface area contributed by atoms with Gasteiger partial charge in [-0.25, -0.2) is 23.2 Å². The number of hydrogen-bond donors (Lipinski definition) is 5. The minimum absolute atomic E-state index is 0.0528. The number of benzene rings is 2. The van der Waals surface area contributed by atoms with Gasteiger partial charge in [-0.1, -0.05) is 43.5 Å². The first-order valence-corrected chi connectivity index (χ1v) is 22.0. The first-order chi connectivity index (χ1) is 23.8. The molecule has 51 heavy (non-hydrogen) atoms. The third kappa shape index (κ3) is 12.0. The molecule has 3 rings (SSSR count). The van der Waals surface area contributed by atoms with Crippen LogP contribution in [0.3, 0.4) is 0 Å². The fraction of sp³-hybridized carbons (Fsp3) is 0.486. The number of aliphatic hydroxyl groups is 1. The van der Waals surface area contributed by atoms with Crippen LogP contribution in [0.25, 0.3) is 11.3 Å². The largest absolute Gasteiger partial charge is 0.505 e. The topological polar surface area (TPSA) is 203 Å². The summed E-state index contributed by atoms with van der Waals surface area (Å²) in [6, 6.07) is 10.9. The number of amides is 2. The summed E-state index contributed by atoms with van der Waals surface area (Å²) in [5, 5.41) is 25.0. The molecule has 0 radical (unpaired) electrons. The van der Waals surface area contributed by atoms with Gasteiger partial charge in [0, 0.05) is 24.3 Å². The van der Waals surface area contributed by atoms with Crippen molar-refractivity contribution >= 4 is 61.8 Å². The van der Waals surface area contributed by atoms with Crippen molar-refractivity contribution in [1.82, 2.24) is 15.3 Å². The number of carbonyl (C=O) groups excluding carboxylic acids is 2. The molecule has 1 heterocycles. The Morgan fingerprint density at radius 2 is 1.67 bits per heavy atom. The van der Waals surface area contributed by atoms with E-state index >= 15 is 0 Å². The highest BCUT2D eigenvalue weighted by Crippen LogP contribution is 2.42. The molecule has 2 aromatic carbocycles. The fourth-order valence-electron chi connectivity index (χ4n) is 5.55. The van der Waals surface area contributed by atoms with Gasteiger partial charge in [0.1, 0.15) is 11.4 Å². The summed E-state index contributed by atoms with van der Waals surface area (Å²) in [7, 11) is -3.80. The van der Waals surface area contributed by atoms with Crippen LogP contribution in [0.4, 0.5) is 16.3 Å². The number of aliphatic hydroxyl groups excluding tert-OH is 1. The molecule has 2 amide bonds. The lowest BCUT2D eigenvalue weighted by atomic mass is 9.88. The average molecular weight is 858 g/mol. The molecule has 3 aromatic rings. The molecule has 13 nitrogen and oxygen atoms in total. The quantitative estimate of drug-likeness (QED) is 0.0394. The van der Waals surface area contributed by atoms with Crippen molar-refractivity contribution in [3.63, 3.8) is 0 Å². The van der Waals surface area contributed by atoms with Crippen LogP contribution in [0.1, 0.15) is 96.1 Å². The molecule has 2 atom stereocenters. The standard InChI is InChI=1S/C35H49IN5O8PS/c1-33(2,3)48-32(45)39-20-24-12-11-13-26(29(24)43)41-31(44)28-30(37)38-21-27(40-28)23-14-16-25(17-15-23)51(46,47)34(4,5)22-35(6,49-50-36)18-9-7-8-10-19-42/h11-17,21,42-43,50H,7-10,18-20,22H2,1-6H3,(H2,37,38)(H,39,45)(H,41,44). The number of carbonyl (C=O) groups is 2. The number of nitrogens with one attached hydrogen (secondary N) is 2. The molecule has 6 N–H and O–H groups in total. The second kappa shape index (κ2) is 18.1. The lowest BCUT2D eigenvalue weighted by Crippen LogP contribution is -2.41. The number of phenolic OH excluding ortho intramolecular Hbond substituents is 1. The highest BCUT2D eigenvalue weighted by atomic mass is 127. The molecule has 0 fully saturated rings. The number of aromatic nitrogens is 2.